The number of carboxylic acid groups (broad SMARTS) is 2. The molecule has 0 aliphatic heterocycles. The highest BCUT2D eigenvalue weighted by molar-refractivity contribution is 5.75. The topological polar surface area (TPSA) is 138 Å². The lowest BCUT2D eigenvalue weighted by Gasteiger charge is -1.34. The molecule has 0 heterocycles. The maximum atomic E-state index is 8.36. The highest BCUT2D eigenvalue weighted by atomic mass is 24.3. The molecule has 9 heavy (non-hydrogen) atoms. The van der Waals surface area contributed by atoms with Crippen molar-refractivity contribution in [1.29, 1.82) is 0 Å². The minimum absolute atomic E-state index is 0. The van der Waals surface area contributed by atoms with Gasteiger partial charge >= 0.3 is 0 Å². The molecule has 0 amide bonds. The van der Waals surface area contributed by atoms with Crippen LogP contribution in [0, 0.1) is 0 Å². The number of carbonyl (C=O) groups is 2. The van der Waals surface area contributed by atoms with Crippen LogP contribution in [0.4, 0.5) is 0 Å². The van der Waals surface area contributed by atoms with Gasteiger partial charge in [0.25, 0.3) is 12.9 Å². The van der Waals surface area contributed by atoms with E-state index in [1.54, 1.807) is 0 Å². The summed E-state index contributed by atoms with van der Waals surface area (Å²) in [6.45, 7) is -0.500. The molecule has 0 rings (SSSR count). The Bertz CT molecular complexity index is 32.0. The minimum Gasteiger partial charge on any atom is -0.483 e. The van der Waals surface area contributed by atoms with Crippen LogP contribution >= 0.6 is 0 Å². The Morgan fingerprint density at radius 1 is 0.889 bits per heavy atom. The molecule has 0 fully saturated rings. The van der Waals surface area contributed by atoms with Gasteiger partial charge in [0.05, 0.1) is 0 Å². The van der Waals surface area contributed by atoms with Crippen molar-refractivity contribution < 1.29 is 30.8 Å². The van der Waals surface area contributed by atoms with Crippen LogP contribution < -0.4 is 0 Å². The zero-order valence-corrected chi connectivity index (χ0v) is 5.99. The summed E-state index contributed by atoms with van der Waals surface area (Å²) in [4.78, 5) is 16.7. The van der Waals surface area contributed by atoms with Crippen LogP contribution in [-0.4, -0.2) is 57.2 Å². The monoisotopic (exact) mass is 152 g/mol. The van der Waals surface area contributed by atoms with Gasteiger partial charge in [0.1, 0.15) is 0 Å². The smallest absolute Gasteiger partial charge is 0.290 e. The second-order valence-corrected chi connectivity index (χ2v) is 0.211. The van der Waals surface area contributed by atoms with Crippen LogP contribution in [0.3, 0.4) is 0 Å². The van der Waals surface area contributed by atoms with E-state index in [9.17, 15) is 0 Å². The standard InChI is InChI=1S/2CH2O2.Mg.2H2O/c2*2-1-3;;;/h2*1H,(H,2,3);;2*1H2. The third kappa shape index (κ3) is 1730. The van der Waals surface area contributed by atoms with Gasteiger partial charge in [0.2, 0.25) is 0 Å². The molecule has 0 bridgehead atoms. The Kier molecular flexibility index (Phi) is 537. The molecule has 6 nitrogen and oxygen atoms in total. The molecule has 0 saturated carbocycles. The quantitative estimate of drug-likeness (QED) is 0.290. The maximum absolute atomic E-state index is 8.36. The lowest BCUT2D eigenvalue weighted by molar-refractivity contribution is -0.123. The number of rotatable bonds is 0. The summed E-state index contributed by atoms with van der Waals surface area (Å²) >= 11 is 0. The second kappa shape index (κ2) is 127. The summed E-state index contributed by atoms with van der Waals surface area (Å²) in [6.07, 6.45) is 0. The predicted molar refractivity (Wildman–Crippen MR) is 30.4 cm³/mol. The highest BCUT2D eigenvalue weighted by Crippen LogP contribution is 0.969. The first-order chi connectivity index (χ1) is 2.83. The second-order valence-electron chi connectivity index (χ2n) is 0.211. The molecule has 0 aromatic rings. The van der Waals surface area contributed by atoms with Crippen molar-refractivity contribution in [3.8, 4) is 0 Å². The fourth-order valence-electron chi connectivity index (χ4n) is 0. The van der Waals surface area contributed by atoms with Gasteiger partial charge in [-0.05, 0) is 0 Å². The van der Waals surface area contributed by atoms with Crippen molar-refractivity contribution in [2.45, 2.75) is 0 Å². The van der Waals surface area contributed by atoms with Crippen LogP contribution in [0.5, 0.6) is 0 Å². The molecule has 0 atom stereocenters. The Labute approximate surface area is 67.3 Å². The molecule has 0 spiro atoms. The first kappa shape index (κ1) is 38.2. The summed E-state index contributed by atoms with van der Waals surface area (Å²) in [5.41, 5.74) is 0. The van der Waals surface area contributed by atoms with Crippen molar-refractivity contribution in [2.75, 3.05) is 0 Å². The molecule has 0 aromatic carbocycles. The Hall–Kier alpha value is -0.374. The van der Waals surface area contributed by atoms with E-state index in [4.69, 9.17) is 19.8 Å². The van der Waals surface area contributed by atoms with E-state index >= 15 is 0 Å². The van der Waals surface area contributed by atoms with E-state index in [-0.39, 0.29) is 46.9 Å². The van der Waals surface area contributed by atoms with Crippen molar-refractivity contribution in [2.24, 2.45) is 0 Å². The van der Waals surface area contributed by atoms with Crippen LogP contribution in [0.1, 0.15) is 0 Å². The lowest BCUT2D eigenvalue weighted by Crippen LogP contribution is -1.49. The zero-order valence-electron chi connectivity index (χ0n) is 4.57. The van der Waals surface area contributed by atoms with Gasteiger partial charge in [-0.3, -0.25) is 9.59 Å². The van der Waals surface area contributed by atoms with Crippen molar-refractivity contribution in [1.82, 2.24) is 0 Å². The van der Waals surface area contributed by atoms with E-state index in [2.05, 4.69) is 0 Å². The average molecular weight is 152 g/mol. The summed E-state index contributed by atoms with van der Waals surface area (Å²) in [5, 5.41) is 13.8. The summed E-state index contributed by atoms with van der Waals surface area (Å²) in [6, 6.07) is 0. The zero-order chi connectivity index (χ0) is 5.41. The van der Waals surface area contributed by atoms with Gasteiger partial charge in [-0.2, -0.15) is 0 Å². The third-order valence-electron chi connectivity index (χ3n) is 0. The van der Waals surface area contributed by atoms with Crippen molar-refractivity contribution in [3.05, 3.63) is 0 Å². The maximum Gasteiger partial charge on any atom is 0.290 e. The first-order valence-corrected chi connectivity index (χ1v) is 0.988. The molecule has 0 aromatic heterocycles. The fourth-order valence-corrected chi connectivity index (χ4v) is 0. The van der Waals surface area contributed by atoms with E-state index in [1.807, 2.05) is 0 Å². The molecule has 0 unspecified atom stereocenters. The van der Waals surface area contributed by atoms with Gasteiger partial charge < -0.3 is 21.2 Å². The first-order valence-electron chi connectivity index (χ1n) is 0.988. The van der Waals surface area contributed by atoms with E-state index < -0.39 is 0 Å². The molecule has 2 radical (unpaired) electrons. The van der Waals surface area contributed by atoms with Crippen LogP contribution in [0.15, 0.2) is 0 Å². The molecule has 0 aliphatic rings. The molecule has 7 heteroatoms. The highest BCUT2D eigenvalue weighted by Gasteiger charge is 1.22. The fraction of sp³-hybridized carbons (Fsp3) is 0. The van der Waals surface area contributed by atoms with Gasteiger partial charge in [-0.25, -0.2) is 0 Å². The van der Waals surface area contributed by atoms with Crippen LogP contribution in [0.25, 0.3) is 0 Å². The van der Waals surface area contributed by atoms with Crippen molar-refractivity contribution in [3.63, 3.8) is 0 Å². The van der Waals surface area contributed by atoms with Gasteiger partial charge in [-0.1, -0.05) is 0 Å². The third-order valence-corrected chi connectivity index (χ3v) is 0. The number of hydrogen-bond acceptors (Lipinski definition) is 2. The normalized spacial score (nSPS) is 2.67. The van der Waals surface area contributed by atoms with Gasteiger partial charge in [0.15, 0.2) is 0 Å². The minimum atomic E-state index is -0.250. The SMILES string of the molecule is O.O.O=CO.O=CO.[Mg]. The Morgan fingerprint density at radius 2 is 0.889 bits per heavy atom. The summed E-state index contributed by atoms with van der Waals surface area (Å²) in [5.74, 6) is 0. The van der Waals surface area contributed by atoms with E-state index in [1.165, 1.54) is 0 Å². The lowest BCUT2D eigenvalue weighted by atomic mass is 11.7. The van der Waals surface area contributed by atoms with Crippen LogP contribution in [-0.2, 0) is 9.59 Å². The van der Waals surface area contributed by atoms with Crippen LogP contribution in [0.2, 0.25) is 0 Å². The van der Waals surface area contributed by atoms with E-state index in [0.29, 0.717) is 0 Å². The van der Waals surface area contributed by atoms with Gasteiger partial charge in [-0.15, -0.1) is 0 Å². The van der Waals surface area contributed by atoms with Crippen molar-refractivity contribution >= 4 is 36.0 Å². The Balaban J connectivity index is -0.00000000889. The largest absolute Gasteiger partial charge is 0.483 e. The molecule has 6 N–H and O–H groups in total. The molecular weight excluding hydrogens is 144 g/mol. The van der Waals surface area contributed by atoms with E-state index in [0.717, 1.165) is 0 Å². The average Bonchev–Trinajstić information content (AvgIpc) is 1.39. The number of hydrogen-bond donors (Lipinski definition) is 2. The predicted octanol–water partition coefficient (Wildman–Crippen LogP) is -2.63. The molecular formula is C2H8MgO6. The molecule has 0 aliphatic carbocycles. The molecule has 54 valence electrons. The summed E-state index contributed by atoms with van der Waals surface area (Å²) < 4.78 is 0. The van der Waals surface area contributed by atoms with Gasteiger partial charge in [0, 0.05) is 23.1 Å². The Morgan fingerprint density at radius 3 is 0.889 bits per heavy atom. The molecule has 0 saturated heterocycles. The summed E-state index contributed by atoms with van der Waals surface area (Å²) in [7, 11) is 0.